The van der Waals surface area contributed by atoms with Crippen LogP contribution >= 0.6 is 0 Å². The molecule has 84 valence electrons. The molecule has 14 heavy (non-hydrogen) atoms. The van der Waals surface area contributed by atoms with Crippen molar-refractivity contribution in [3.8, 4) is 0 Å². The first-order valence-corrected chi connectivity index (χ1v) is 4.74. The molecule has 0 aromatic rings. The second-order valence-electron chi connectivity index (χ2n) is 3.48. The predicted octanol–water partition coefficient (Wildman–Crippen LogP) is -0.993. The average Bonchev–Trinajstić information content (AvgIpc) is 2.17. The number of carbonyl (C=O) groups excluding carboxylic acids is 1. The van der Waals surface area contributed by atoms with E-state index in [-0.39, 0.29) is 6.61 Å². The standard InChI is InChI=1S/C9H19NO4/c1-3-9(2,14)7(12)8(13)10-5-4-6-11/h7,11-12,14H,3-6H2,1-2H3,(H,10,13). The van der Waals surface area contributed by atoms with E-state index in [2.05, 4.69) is 5.32 Å². The van der Waals surface area contributed by atoms with Crippen LogP contribution in [0.4, 0.5) is 0 Å². The van der Waals surface area contributed by atoms with Gasteiger partial charge in [-0.05, 0) is 19.8 Å². The fourth-order valence-corrected chi connectivity index (χ4v) is 0.863. The van der Waals surface area contributed by atoms with Crippen molar-refractivity contribution in [2.24, 2.45) is 0 Å². The lowest BCUT2D eigenvalue weighted by molar-refractivity contribution is -0.144. The Bertz CT molecular complexity index is 182. The maximum Gasteiger partial charge on any atom is 0.251 e. The van der Waals surface area contributed by atoms with Crippen LogP contribution in [0.5, 0.6) is 0 Å². The van der Waals surface area contributed by atoms with Gasteiger partial charge in [0.25, 0.3) is 5.91 Å². The molecule has 0 aromatic carbocycles. The second-order valence-corrected chi connectivity index (χ2v) is 3.48. The highest BCUT2D eigenvalue weighted by Crippen LogP contribution is 2.13. The molecular formula is C9H19NO4. The summed E-state index contributed by atoms with van der Waals surface area (Å²) in [7, 11) is 0. The third-order valence-corrected chi connectivity index (χ3v) is 2.19. The molecule has 0 radical (unpaired) electrons. The fraction of sp³-hybridized carbons (Fsp3) is 0.889. The summed E-state index contributed by atoms with van der Waals surface area (Å²) in [5.74, 6) is -0.606. The van der Waals surface area contributed by atoms with Crippen LogP contribution in [-0.2, 0) is 4.79 Å². The summed E-state index contributed by atoms with van der Waals surface area (Å²) in [5, 5.41) is 29.9. The van der Waals surface area contributed by atoms with Crippen LogP contribution in [0.25, 0.3) is 0 Å². The van der Waals surface area contributed by atoms with Crippen LogP contribution in [0.2, 0.25) is 0 Å². The summed E-state index contributed by atoms with van der Waals surface area (Å²) in [6, 6.07) is 0. The molecule has 0 rings (SSSR count). The molecule has 0 bridgehead atoms. The van der Waals surface area contributed by atoms with Gasteiger partial charge in [0.05, 0.1) is 5.60 Å². The number of aliphatic hydroxyl groups is 3. The highest BCUT2D eigenvalue weighted by Gasteiger charge is 2.33. The molecule has 0 saturated heterocycles. The molecule has 5 nitrogen and oxygen atoms in total. The Kier molecular flexibility index (Phi) is 5.68. The van der Waals surface area contributed by atoms with Crippen LogP contribution in [0.3, 0.4) is 0 Å². The first-order chi connectivity index (χ1) is 6.45. The lowest BCUT2D eigenvalue weighted by Gasteiger charge is -2.26. The summed E-state index contributed by atoms with van der Waals surface area (Å²) in [6.07, 6.45) is -0.694. The fourth-order valence-electron chi connectivity index (χ4n) is 0.863. The van der Waals surface area contributed by atoms with Crippen molar-refractivity contribution >= 4 is 5.91 Å². The van der Waals surface area contributed by atoms with Gasteiger partial charge in [-0.3, -0.25) is 4.79 Å². The monoisotopic (exact) mass is 205 g/mol. The number of aliphatic hydroxyl groups excluding tert-OH is 2. The van der Waals surface area contributed by atoms with E-state index >= 15 is 0 Å². The van der Waals surface area contributed by atoms with E-state index in [1.165, 1.54) is 6.92 Å². The Balaban J connectivity index is 3.99. The first-order valence-electron chi connectivity index (χ1n) is 4.74. The van der Waals surface area contributed by atoms with E-state index in [0.717, 1.165) is 0 Å². The Labute approximate surface area is 83.8 Å². The lowest BCUT2D eigenvalue weighted by atomic mass is 9.95. The van der Waals surface area contributed by atoms with Gasteiger partial charge in [-0.25, -0.2) is 0 Å². The number of carbonyl (C=O) groups is 1. The molecule has 0 fully saturated rings. The Morgan fingerprint density at radius 1 is 1.57 bits per heavy atom. The van der Waals surface area contributed by atoms with E-state index < -0.39 is 17.6 Å². The third kappa shape index (κ3) is 4.04. The summed E-state index contributed by atoms with van der Waals surface area (Å²) < 4.78 is 0. The second kappa shape index (κ2) is 5.95. The van der Waals surface area contributed by atoms with Crippen LogP contribution in [0, 0.1) is 0 Å². The van der Waals surface area contributed by atoms with E-state index in [9.17, 15) is 15.0 Å². The molecular weight excluding hydrogens is 186 g/mol. The van der Waals surface area contributed by atoms with Crippen LogP contribution in [0.15, 0.2) is 0 Å². The van der Waals surface area contributed by atoms with E-state index in [1.54, 1.807) is 6.92 Å². The van der Waals surface area contributed by atoms with Crippen molar-refractivity contribution in [3.63, 3.8) is 0 Å². The van der Waals surface area contributed by atoms with Gasteiger partial charge in [0.2, 0.25) is 0 Å². The summed E-state index contributed by atoms with van der Waals surface area (Å²) >= 11 is 0. The van der Waals surface area contributed by atoms with Gasteiger partial charge < -0.3 is 20.6 Å². The molecule has 4 N–H and O–H groups in total. The van der Waals surface area contributed by atoms with Crippen molar-refractivity contribution in [2.45, 2.75) is 38.4 Å². The quantitative estimate of drug-likeness (QED) is 0.419. The van der Waals surface area contributed by atoms with E-state index in [0.29, 0.717) is 19.4 Å². The molecule has 0 aromatic heterocycles. The van der Waals surface area contributed by atoms with Crippen molar-refractivity contribution in [2.75, 3.05) is 13.2 Å². The minimum absolute atomic E-state index is 0.0133. The molecule has 5 heteroatoms. The van der Waals surface area contributed by atoms with Gasteiger partial charge in [-0.15, -0.1) is 0 Å². The molecule has 0 heterocycles. The molecule has 1 amide bonds. The Hall–Kier alpha value is -0.650. The van der Waals surface area contributed by atoms with Gasteiger partial charge in [0.15, 0.2) is 6.10 Å². The Morgan fingerprint density at radius 2 is 2.14 bits per heavy atom. The lowest BCUT2D eigenvalue weighted by Crippen LogP contribution is -2.49. The molecule has 0 aliphatic rings. The molecule has 0 spiro atoms. The van der Waals surface area contributed by atoms with Crippen molar-refractivity contribution in [3.05, 3.63) is 0 Å². The zero-order valence-corrected chi connectivity index (χ0v) is 8.66. The summed E-state index contributed by atoms with van der Waals surface area (Å²) in [4.78, 5) is 11.2. The summed E-state index contributed by atoms with van der Waals surface area (Å²) in [6.45, 7) is 3.38. The van der Waals surface area contributed by atoms with Gasteiger partial charge >= 0.3 is 0 Å². The maximum atomic E-state index is 11.2. The number of nitrogens with one attached hydrogen (secondary N) is 1. The van der Waals surface area contributed by atoms with Crippen molar-refractivity contribution < 1.29 is 20.1 Å². The van der Waals surface area contributed by atoms with Crippen LogP contribution < -0.4 is 5.32 Å². The first kappa shape index (κ1) is 13.4. The summed E-state index contributed by atoms with van der Waals surface area (Å²) in [5.41, 5.74) is -1.40. The highest BCUT2D eigenvalue weighted by atomic mass is 16.3. The predicted molar refractivity (Wildman–Crippen MR) is 51.6 cm³/mol. The van der Waals surface area contributed by atoms with Crippen LogP contribution in [0.1, 0.15) is 26.7 Å². The smallest absolute Gasteiger partial charge is 0.251 e. The zero-order chi connectivity index (χ0) is 11.2. The number of rotatable bonds is 6. The number of hydrogen-bond donors (Lipinski definition) is 4. The normalized spacial score (nSPS) is 17.2. The maximum absolute atomic E-state index is 11.2. The van der Waals surface area contributed by atoms with Gasteiger partial charge in [0.1, 0.15) is 0 Å². The largest absolute Gasteiger partial charge is 0.396 e. The SMILES string of the molecule is CCC(C)(O)C(O)C(=O)NCCCO. The molecule has 0 saturated carbocycles. The topological polar surface area (TPSA) is 89.8 Å². The average molecular weight is 205 g/mol. The Morgan fingerprint density at radius 3 is 2.57 bits per heavy atom. The van der Waals surface area contributed by atoms with Crippen molar-refractivity contribution in [1.29, 1.82) is 0 Å². The zero-order valence-electron chi connectivity index (χ0n) is 8.66. The highest BCUT2D eigenvalue weighted by molar-refractivity contribution is 5.81. The molecule has 2 atom stereocenters. The van der Waals surface area contributed by atoms with E-state index in [4.69, 9.17) is 5.11 Å². The minimum atomic E-state index is -1.42. The van der Waals surface area contributed by atoms with Crippen molar-refractivity contribution in [1.82, 2.24) is 5.32 Å². The molecule has 2 unspecified atom stereocenters. The van der Waals surface area contributed by atoms with Gasteiger partial charge in [-0.2, -0.15) is 0 Å². The van der Waals surface area contributed by atoms with Gasteiger partial charge in [0, 0.05) is 13.2 Å². The third-order valence-electron chi connectivity index (χ3n) is 2.19. The molecule has 0 aliphatic carbocycles. The minimum Gasteiger partial charge on any atom is -0.396 e. The molecule has 0 aliphatic heterocycles. The van der Waals surface area contributed by atoms with Gasteiger partial charge in [-0.1, -0.05) is 6.92 Å². The number of amides is 1. The van der Waals surface area contributed by atoms with Crippen LogP contribution in [-0.4, -0.2) is 46.1 Å². The number of hydrogen-bond acceptors (Lipinski definition) is 4. The van der Waals surface area contributed by atoms with E-state index in [1.807, 2.05) is 0 Å².